The number of carbonyl (C=O) groups excluding carboxylic acids is 1. The van der Waals surface area contributed by atoms with Gasteiger partial charge < -0.3 is 20.5 Å². The van der Waals surface area contributed by atoms with Crippen molar-refractivity contribution in [2.24, 2.45) is 5.73 Å². The topological polar surface area (TPSA) is 73.6 Å². The average Bonchev–Trinajstić information content (AvgIpc) is 2.53. The summed E-state index contributed by atoms with van der Waals surface area (Å²) in [6, 6.07) is 4.33. The Balaban J connectivity index is 2.03. The molecule has 1 aliphatic rings. The molecule has 1 amide bonds. The van der Waals surface area contributed by atoms with Crippen LogP contribution in [0.3, 0.4) is 0 Å². The van der Waals surface area contributed by atoms with Crippen molar-refractivity contribution in [1.29, 1.82) is 0 Å². The number of ether oxygens (including phenoxy) is 2. The SMILES string of the molecule is CCOc1cc(CNC2CCCCCCC2)cc(Cl)c1OCC(N)=O. The van der Waals surface area contributed by atoms with Crippen molar-refractivity contribution in [3.05, 3.63) is 22.7 Å². The standard InChI is InChI=1S/C19H29ClN2O3/c1-2-24-17-11-14(10-16(20)19(17)25-13-18(21)23)12-22-15-8-6-4-3-5-7-9-15/h10-11,15,22H,2-9,12-13H2,1H3,(H2,21,23). The van der Waals surface area contributed by atoms with Crippen molar-refractivity contribution in [2.45, 2.75) is 64.5 Å². The highest BCUT2D eigenvalue weighted by molar-refractivity contribution is 6.32. The van der Waals surface area contributed by atoms with Crippen LogP contribution in [0.5, 0.6) is 11.5 Å². The van der Waals surface area contributed by atoms with Gasteiger partial charge in [0.05, 0.1) is 11.6 Å². The molecule has 1 saturated carbocycles. The molecular weight excluding hydrogens is 340 g/mol. The monoisotopic (exact) mass is 368 g/mol. The van der Waals surface area contributed by atoms with Crippen molar-refractivity contribution in [3.8, 4) is 11.5 Å². The summed E-state index contributed by atoms with van der Waals surface area (Å²) < 4.78 is 11.0. The third kappa shape index (κ3) is 6.75. The summed E-state index contributed by atoms with van der Waals surface area (Å²) in [7, 11) is 0. The molecule has 0 unspecified atom stereocenters. The summed E-state index contributed by atoms with van der Waals surface area (Å²) >= 11 is 6.34. The molecule has 1 fully saturated rings. The van der Waals surface area contributed by atoms with E-state index >= 15 is 0 Å². The van der Waals surface area contributed by atoms with Crippen LogP contribution in [0, 0.1) is 0 Å². The molecule has 0 radical (unpaired) electrons. The second-order valence-electron chi connectivity index (χ2n) is 6.52. The lowest BCUT2D eigenvalue weighted by atomic mass is 9.96. The molecule has 1 aromatic rings. The fraction of sp³-hybridized carbons (Fsp3) is 0.632. The zero-order valence-corrected chi connectivity index (χ0v) is 15.7. The highest BCUT2D eigenvalue weighted by atomic mass is 35.5. The number of halogens is 1. The molecule has 6 heteroatoms. The molecule has 25 heavy (non-hydrogen) atoms. The van der Waals surface area contributed by atoms with E-state index in [1.54, 1.807) is 0 Å². The normalized spacial score (nSPS) is 16.1. The van der Waals surface area contributed by atoms with E-state index in [1.807, 2.05) is 19.1 Å². The molecule has 0 heterocycles. The number of benzene rings is 1. The summed E-state index contributed by atoms with van der Waals surface area (Å²) in [5.41, 5.74) is 6.18. The predicted molar refractivity (Wildman–Crippen MR) is 100 cm³/mol. The highest BCUT2D eigenvalue weighted by Gasteiger charge is 2.15. The first-order chi connectivity index (χ1) is 12.1. The van der Waals surface area contributed by atoms with Crippen LogP contribution >= 0.6 is 11.6 Å². The Morgan fingerprint density at radius 3 is 2.52 bits per heavy atom. The van der Waals surface area contributed by atoms with E-state index in [9.17, 15) is 4.79 Å². The van der Waals surface area contributed by atoms with E-state index < -0.39 is 5.91 Å². The number of nitrogens with one attached hydrogen (secondary N) is 1. The van der Waals surface area contributed by atoms with Gasteiger partial charge >= 0.3 is 0 Å². The van der Waals surface area contributed by atoms with E-state index in [1.165, 1.54) is 44.9 Å². The van der Waals surface area contributed by atoms with Crippen LogP contribution in [0.2, 0.25) is 5.02 Å². The third-order valence-electron chi connectivity index (χ3n) is 4.43. The lowest BCUT2D eigenvalue weighted by molar-refractivity contribution is -0.119. The number of primary amides is 1. The lowest BCUT2D eigenvalue weighted by Crippen LogP contribution is -2.29. The largest absolute Gasteiger partial charge is 0.490 e. The van der Waals surface area contributed by atoms with E-state index in [4.69, 9.17) is 26.8 Å². The molecule has 1 aromatic carbocycles. The molecule has 0 spiro atoms. The van der Waals surface area contributed by atoms with Gasteiger partial charge in [0.1, 0.15) is 0 Å². The van der Waals surface area contributed by atoms with Gasteiger partial charge in [-0.25, -0.2) is 0 Å². The van der Waals surface area contributed by atoms with Gasteiger partial charge in [-0.1, -0.05) is 43.7 Å². The molecule has 0 saturated heterocycles. The molecule has 0 aromatic heterocycles. The number of nitrogens with two attached hydrogens (primary N) is 1. The Bertz CT molecular complexity index is 558. The minimum Gasteiger partial charge on any atom is -0.490 e. The molecule has 3 N–H and O–H groups in total. The van der Waals surface area contributed by atoms with Crippen LogP contribution in [0.1, 0.15) is 57.4 Å². The summed E-state index contributed by atoms with van der Waals surface area (Å²) in [6.07, 6.45) is 9.09. The van der Waals surface area contributed by atoms with Gasteiger partial charge in [-0.15, -0.1) is 0 Å². The number of amides is 1. The van der Waals surface area contributed by atoms with Crippen LogP contribution in [-0.4, -0.2) is 25.2 Å². The van der Waals surface area contributed by atoms with Gasteiger partial charge in [0.25, 0.3) is 5.91 Å². The lowest BCUT2D eigenvalue weighted by Gasteiger charge is -2.21. The van der Waals surface area contributed by atoms with Gasteiger partial charge in [-0.05, 0) is 37.5 Å². The predicted octanol–water partition coefficient (Wildman–Crippen LogP) is 3.81. The maximum Gasteiger partial charge on any atom is 0.255 e. The van der Waals surface area contributed by atoms with Gasteiger partial charge in [0, 0.05) is 12.6 Å². The van der Waals surface area contributed by atoms with Crippen molar-refractivity contribution in [1.82, 2.24) is 5.32 Å². The first kappa shape index (κ1) is 19.9. The summed E-state index contributed by atoms with van der Waals surface area (Å²) in [6.45, 7) is 2.90. The maximum atomic E-state index is 11.0. The van der Waals surface area contributed by atoms with E-state index in [-0.39, 0.29) is 6.61 Å². The van der Waals surface area contributed by atoms with Gasteiger partial charge in [0.15, 0.2) is 18.1 Å². The smallest absolute Gasteiger partial charge is 0.255 e. The Labute approximate surface area is 155 Å². The zero-order chi connectivity index (χ0) is 18.1. The minimum absolute atomic E-state index is 0.223. The highest BCUT2D eigenvalue weighted by Crippen LogP contribution is 2.36. The zero-order valence-electron chi connectivity index (χ0n) is 15.0. The van der Waals surface area contributed by atoms with Gasteiger partial charge in [-0.3, -0.25) is 4.79 Å². The van der Waals surface area contributed by atoms with Crippen molar-refractivity contribution < 1.29 is 14.3 Å². The van der Waals surface area contributed by atoms with Crippen LogP contribution < -0.4 is 20.5 Å². The minimum atomic E-state index is -0.548. The van der Waals surface area contributed by atoms with Gasteiger partial charge in [-0.2, -0.15) is 0 Å². The number of hydrogen-bond acceptors (Lipinski definition) is 4. The van der Waals surface area contributed by atoms with E-state index in [0.29, 0.717) is 29.2 Å². The van der Waals surface area contributed by atoms with Crippen molar-refractivity contribution in [3.63, 3.8) is 0 Å². The molecule has 2 rings (SSSR count). The molecule has 0 aliphatic heterocycles. The Morgan fingerprint density at radius 2 is 1.88 bits per heavy atom. The van der Waals surface area contributed by atoms with Crippen LogP contribution in [0.25, 0.3) is 0 Å². The number of rotatable bonds is 8. The number of hydrogen-bond donors (Lipinski definition) is 2. The molecule has 140 valence electrons. The second kappa shape index (κ2) is 10.5. The van der Waals surface area contributed by atoms with E-state index in [2.05, 4.69) is 5.32 Å². The van der Waals surface area contributed by atoms with Crippen molar-refractivity contribution in [2.75, 3.05) is 13.2 Å². The third-order valence-corrected chi connectivity index (χ3v) is 4.71. The maximum absolute atomic E-state index is 11.0. The second-order valence-corrected chi connectivity index (χ2v) is 6.92. The fourth-order valence-electron chi connectivity index (χ4n) is 3.19. The molecule has 5 nitrogen and oxygen atoms in total. The van der Waals surface area contributed by atoms with Crippen LogP contribution in [0.4, 0.5) is 0 Å². The molecular formula is C19H29ClN2O3. The molecule has 0 atom stereocenters. The molecule has 1 aliphatic carbocycles. The van der Waals surface area contributed by atoms with E-state index in [0.717, 1.165) is 12.1 Å². The number of carbonyl (C=O) groups is 1. The first-order valence-electron chi connectivity index (χ1n) is 9.20. The average molecular weight is 369 g/mol. The Morgan fingerprint density at radius 1 is 1.20 bits per heavy atom. The molecule has 0 bridgehead atoms. The van der Waals surface area contributed by atoms with Crippen molar-refractivity contribution >= 4 is 17.5 Å². The summed E-state index contributed by atoms with van der Waals surface area (Å²) in [5.74, 6) is 0.372. The Hall–Kier alpha value is -1.46. The first-order valence-corrected chi connectivity index (χ1v) is 9.57. The Kier molecular flexibility index (Phi) is 8.35. The quantitative estimate of drug-likeness (QED) is 0.731. The summed E-state index contributed by atoms with van der Waals surface area (Å²) in [5, 5.41) is 4.07. The fourth-order valence-corrected chi connectivity index (χ4v) is 3.48. The summed E-state index contributed by atoms with van der Waals surface area (Å²) in [4.78, 5) is 11.0. The van der Waals surface area contributed by atoms with Gasteiger partial charge in [0.2, 0.25) is 0 Å². The van der Waals surface area contributed by atoms with Crippen LogP contribution in [0.15, 0.2) is 12.1 Å². The van der Waals surface area contributed by atoms with Crippen LogP contribution in [-0.2, 0) is 11.3 Å².